The van der Waals surface area contributed by atoms with Gasteiger partial charge in [-0.05, 0) is 61.9 Å². The zero-order valence-corrected chi connectivity index (χ0v) is 19.8. The zero-order valence-electron chi connectivity index (χ0n) is 19.0. The second kappa shape index (κ2) is 9.81. The first-order chi connectivity index (χ1) is 16.5. The molecule has 1 fully saturated rings. The van der Waals surface area contributed by atoms with Crippen molar-refractivity contribution in [2.75, 3.05) is 18.0 Å². The van der Waals surface area contributed by atoms with Gasteiger partial charge in [-0.2, -0.15) is 17.5 Å². The van der Waals surface area contributed by atoms with Crippen LogP contribution in [0.25, 0.3) is 0 Å². The van der Waals surface area contributed by atoms with E-state index in [-0.39, 0.29) is 18.7 Å². The standard InChI is InChI=1S/C22H22F6N2O5S/c1-13-11-29(17-3-5-18(6-4-17)35-22(26,27)28)12-14(2)30(13)36(33,34)19-8-15(9-20(31)32)7-16(10-19)21(23,24)25/h3-8,10,13-14H,9,11-12H2,1-2H3,(H,31,32). The average Bonchev–Trinajstić information content (AvgIpc) is 2.71. The monoisotopic (exact) mass is 540 g/mol. The molecule has 2 aromatic rings. The Hall–Kier alpha value is -3.00. The van der Waals surface area contributed by atoms with Crippen LogP contribution in [0.3, 0.4) is 0 Å². The Morgan fingerprint density at radius 3 is 2.03 bits per heavy atom. The first-order valence-corrected chi connectivity index (χ1v) is 12.0. The van der Waals surface area contributed by atoms with Gasteiger partial charge in [0.15, 0.2) is 0 Å². The third-order valence-electron chi connectivity index (χ3n) is 5.50. The Bertz CT molecular complexity index is 1200. The fourth-order valence-electron chi connectivity index (χ4n) is 4.22. The topological polar surface area (TPSA) is 87.2 Å². The van der Waals surface area contributed by atoms with E-state index in [0.717, 1.165) is 22.5 Å². The fraction of sp³-hybridized carbons (Fsp3) is 0.409. The number of benzene rings is 2. The Kier molecular flexibility index (Phi) is 7.51. The number of anilines is 1. The number of rotatable bonds is 6. The summed E-state index contributed by atoms with van der Waals surface area (Å²) >= 11 is 0. The van der Waals surface area contributed by atoms with Crippen molar-refractivity contribution in [1.29, 1.82) is 0 Å². The van der Waals surface area contributed by atoms with Crippen LogP contribution in [0.15, 0.2) is 47.4 Å². The van der Waals surface area contributed by atoms with E-state index in [1.807, 2.05) is 0 Å². The molecular weight excluding hydrogens is 518 g/mol. The maximum Gasteiger partial charge on any atom is 0.573 e. The van der Waals surface area contributed by atoms with Gasteiger partial charge in [-0.25, -0.2) is 8.42 Å². The number of sulfonamides is 1. The summed E-state index contributed by atoms with van der Waals surface area (Å²) in [6, 6.07) is 5.54. The summed E-state index contributed by atoms with van der Waals surface area (Å²) in [5.41, 5.74) is -1.08. The number of carbonyl (C=O) groups is 1. The molecule has 3 rings (SSSR count). The third-order valence-corrected chi connectivity index (χ3v) is 7.60. The molecule has 0 bridgehead atoms. The Balaban J connectivity index is 1.88. The van der Waals surface area contributed by atoms with Gasteiger partial charge in [0.2, 0.25) is 10.0 Å². The van der Waals surface area contributed by atoms with Gasteiger partial charge in [0.05, 0.1) is 16.9 Å². The summed E-state index contributed by atoms with van der Waals surface area (Å²) < 4.78 is 109. The van der Waals surface area contributed by atoms with Crippen molar-refractivity contribution in [2.45, 2.75) is 49.8 Å². The van der Waals surface area contributed by atoms with Crippen LogP contribution in [0.2, 0.25) is 0 Å². The molecule has 0 saturated carbocycles. The van der Waals surface area contributed by atoms with E-state index in [9.17, 15) is 39.6 Å². The number of ether oxygens (including phenoxy) is 1. The number of hydrogen-bond acceptors (Lipinski definition) is 5. The molecule has 0 aliphatic carbocycles. The van der Waals surface area contributed by atoms with Gasteiger partial charge in [0.1, 0.15) is 5.75 Å². The molecule has 198 valence electrons. The molecule has 1 aliphatic heterocycles. The summed E-state index contributed by atoms with van der Waals surface area (Å²) in [5, 5.41) is 8.99. The number of hydrogen-bond donors (Lipinski definition) is 1. The molecular formula is C22H22F6N2O5S. The van der Waals surface area contributed by atoms with Gasteiger partial charge < -0.3 is 14.7 Å². The largest absolute Gasteiger partial charge is 0.573 e. The first kappa shape index (κ1) is 27.6. The van der Waals surface area contributed by atoms with Gasteiger partial charge in [0.25, 0.3) is 0 Å². The van der Waals surface area contributed by atoms with Crippen LogP contribution in [-0.2, 0) is 27.4 Å². The molecule has 7 nitrogen and oxygen atoms in total. The van der Waals surface area contributed by atoms with Crippen LogP contribution < -0.4 is 9.64 Å². The highest BCUT2D eigenvalue weighted by molar-refractivity contribution is 7.89. The molecule has 0 radical (unpaired) electrons. The van der Waals surface area contributed by atoms with E-state index in [1.54, 1.807) is 18.7 Å². The Morgan fingerprint density at radius 2 is 1.56 bits per heavy atom. The molecule has 36 heavy (non-hydrogen) atoms. The lowest BCUT2D eigenvalue weighted by Crippen LogP contribution is -2.58. The second-order valence-corrected chi connectivity index (χ2v) is 10.3. The molecule has 0 spiro atoms. The molecule has 2 unspecified atom stereocenters. The van der Waals surface area contributed by atoms with Crippen molar-refractivity contribution in [3.05, 3.63) is 53.6 Å². The van der Waals surface area contributed by atoms with Crippen molar-refractivity contribution in [3.8, 4) is 5.75 Å². The van der Waals surface area contributed by atoms with Crippen molar-refractivity contribution in [3.63, 3.8) is 0 Å². The summed E-state index contributed by atoms with van der Waals surface area (Å²) in [5.74, 6) is -1.84. The van der Waals surface area contributed by atoms with Gasteiger partial charge in [0, 0.05) is 30.9 Å². The predicted octanol–water partition coefficient (Wildman–Crippen LogP) is 4.52. The van der Waals surface area contributed by atoms with Crippen molar-refractivity contribution < 1.29 is 49.4 Å². The number of carboxylic acid groups (broad SMARTS) is 1. The maximum absolute atomic E-state index is 13.4. The molecule has 1 heterocycles. The lowest BCUT2D eigenvalue weighted by Gasteiger charge is -2.44. The number of piperazine rings is 1. The summed E-state index contributed by atoms with van der Waals surface area (Å²) in [6.07, 6.45) is -10.5. The molecule has 2 aromatic carbocycles. The van der Waals surface area contributed by atoms with E-state index >= 15 is 0 Å². The van der Waals surface area contributed by atoms with Gasteiger partial charge in [-0.1, -0.05) is 0 Å². The maximum atomic E-state index is 13.4. The molecule has 0 amide bonds. The van der Waals surface area contributed by atoms with Crippen LogP contribution in [-0.4, -0.2) is 55.3 Å². The number of alkyl halides is 6. The third kappa shape index (κ3) is 6.40. The van der Waals surface area contributed by atoms with E-state index < -0.39 is 63.2 Å². The minimum Gasteiger partial charge on any atom is -0.481 e. The van der Waals surface area contributed by atoms with Crippen LogP contribution >= 0.6 is 0 Å². The van der Waals surface area contributed by atoms with Crippen molar-refractivity contribution in [2.24, 2.45) is 0 Å². The highest BCUT2D eigenvalue weighted by Gasteiger charge is 2.40. The minimum atomic E-state index is -4.89. The second-order valence-electron chi connectivity index (χ2n) is 8.41. The van der Waals surface area contributed by atoms with Gasteiger partial charge >= 0.3 is 18.5 Å². The summed E-state index contributed by atoms with van der Waals surface area (Å²) in [7, 11) is -4.47. The average molecular weight is 540 g/mol. The van der Waals surface area contributed by atoms with E-state index in [2.05, 4.69) is 4.74 Å². The fourth-order valence-corrected chi connectivity index (χ4v) is 6.12. The molecule has 1 N–H and O–H groups in total. The van der Waals surface area contributed by atoms with Crippen LogP contribution in [0.4, 0.5) is 32.0 Å². The van der Waals surface area contributed by atoms with Gasteiger partial charge in [-0.15, -0.1) is 13.2 Å². The minimum absolute atomic E-state index is 0.101. The van der Waals surface area contributed by atoms with Crippen molar-refractivity contribution >= 4 is 21.7 Å². The molecule has 14 heteroatoms. The lowest BCUT2D eigenvalue weighted by molar-refractivity contribution is -0.274. The molecule has 1 aliphatic rings. The number of carboxylic acids is 1. The van der Waals surface area contributed by atoms with Crippen LogP contribution in [0, 0.1) is 0 Å². The van der Waals surface area contributed by atoms with Crippen LogP contribution in [0.1, 0.15) is 25.0 Å². The highest BCUT2D eigenvalue weighted by Crippen LogP contribution is 2.35. The Labute approximate surface area is 202 Å². The summed E-state index contributed by atoms with van der Waals surface area (Å²) in [4.78, 5) is 12.1. The predicted molar refractivity (Wildman–Crippen MR) is 116 cm³/mol. The quantitative estimate of drug-likeness (QED) is 0.543. The van der Waals surface area contributed by atoms with E-state index in [1.165, 1.54) is 12.1 Å². The van der Waals surface area contributed by atoms with Crippen LogP contribution in [0.5, 0.6) is 5.75 Å². The normalized spacial score (nSPS) is 19.8. The van der Waals surface area contributed by atoms with Crippen molar-refractivity contribution in [1.82, 2.24) is 4.31 Å². The first-order valence-electron chi connectivity index (χ1n) is 10.5. The summed E-state index contributed by atoms with van der Waals surface area (Å²) in [6.45, 7) is 3.30. The van der Waals surface area contributed by atoms with Gasteiger partial charge in [-0.3, -0.25) is 4.79 Å². The highest BCUT2D eigenvalue weighted by atomic mass is 32.2. The molecule has 2 atom stereocenters. The van der Waals surface area contributed by atoms with E-state index in [0.29, 0.717) is 17.8 Å². The molecule has 1 saturated heterocycles. The number of halogens is 6. The zero-order chi connectivity index (χ0) is 27.1. The molecule has 0 aromatic heterocycles. The lowest BCUT2D eigenvalue weighted by atomic mass is 10.1. The SMILES string of the molecule is CC1CN(c2ccc(OC(F)(F)F)cc2)CC(C)N1S(=O)(=O)c1cc(CC(=O)O)cc(C(F)(F)F)c1. The Morgan fingerprint density at radius 1 is 1.00 bits per heavy atom. The smallest absolute Gasteiger partial charge is 0.481 e. The van der Waals surface area contributed by atoms with E-state index in [4.69, 9.17) is 5.11 Å². The number of aliphatic carboxylic acids is 1. The number of nitrogens with zero attached hydrogens (tertiary/aromatic N) is 2.